The molecule has 0 aliphatic heterocycles. The molecule has 0 aromatic carbocycles. The molecule has 0 aromatic rings. The Morgan fingerprint density at radius 3 is 1.13 bits per heavy atom. The van der Waals surface area contributed by atoms with Crippen LogP contribution in [0.2, 0.25) is 0 Å². The quantitative estimate of drug-likeness (QED) is 0.0430. The third kappa shape index (κ3) is 41.6. The average Bonchev–Trinajstić information content (AvgIpc) is 3.16. The van der Waals surface area contributed by atoms with Crippen molar-refractivity contribution in [3.8, 4) is 0 Å². The van der Waals surface area contributed by atoms with Crippen molar-refractivity contribution in [3.05, 3.63) is 36.5 Å². The van der Waals surface area contributed by atoms with Gasteiger partial charge in [0, 0.05) is 6.42 Å². The molecule has 0 radical (unpaired) electrons. The molecule has 312 valence electrons. The SMILES string of the molecule is CCCCC/C=C/CC/C=C/C(O)C(CO)NC(=O)CCCCCCCCCCCCCCCCCC/C=C\CCCCCCCCCCCCCC. The van der Waals surface area contributed by atoms with Gasteiger partial charge < -0.3 is 15.5 Å². The van der Waals surface area contributed by atoms with E-state index in [1.54, 1.807) is 6.08 Å². The molecule has 0 aliphatic rings. The molecule has 53 heavy (non-hydrogen) atoms. The zero-order valence-corrected chi connectivity index (χ0v) is 35.8. The molecule has 0 fully saturated rings. The van der Waals surface area contributed by atoms with Crippen molar-refractivity contribution < 1.29 is 15.0 Å². The molecule has 0 spiro atoms. The molecule has 2 unspecified atom stereocenters. The third-order valence-electron chi connectivity index (χ3n) is 10.8. The van der Waals surface area contributed by atoms with Crippen LogP contribution in [0.15, 0.2) is 36.5 Å². The van der Waals surface area contributed by atoms with Crippen molar-refractivity contribution >= 4 is 5.91 Å². The predicted molar refractivity (Wildman–Crippen MR) is 235 cm³/mol. The molecule has 0 saturated heterocycles. The van der Waals surface area contributed by atoms with E-state index in [9.17, 15) is 15.0 Å². The summed E-state index contributed by atoms with van der Waals surface area (Å²) in [5.41, 5.74) is 0. The van der Waals surface area contributed by atoms with Crippen molar-refractivity contribution in [3.63, 3.8) is 0 Å². The van der Waals surface area contributed by atoms with Crippen LogP contribution in [0.3, 0.4) is 0 Å². The first-order chi connectivity index (χ1) is 26.2. The van der Waals surface area contributed by atoms with E-state index in [4.69, 9.17) is 0 Å². The summed E-state index contributed by atoms with van der Waals surface area (Å²) in [5, 5.41) is 22.8. The number of hydrogen-bond donors (Lipinski definition) is 3. The fraction of sp³-hybridized carbons (Fsp3) is 0.857. The summed E-state index contributed by atoms with van der Waals surface area (Å²) < 4.78 is 0. The van der Waals surface area contributed by atoms with Crippen molar-refractivity contribution in [1.29, 1.82) is 0 Å². The van der Waals surface area contributed by atoms with Gasteiger partial charge in [0.15, 0.2) is 0 Å². The number of hydrogen-bond acceptors (Lipinski definition) is 3. The number of carbonyl (C=O) groups is 1. The monoisotopic (exact) mass is 744 g/mol. The van der Waals surface area contributed by atoms with E-state index in [1.165, 1.54) is 199 Å². The highest BCUT2D eigenvalue weighted by molar-refractivity contribution is 5.76. The first kappa shape index (κ1) is 51.6. The van der Waals surface area contributed by atoms with Gasteiger partial charge in [-0.2, -0.15) is 0 Å². The lowest BCUT2D eigenvalue weighted by atomic mass is 10.0. The number of amides is 1. The van der Waals surface area contributed by atoms with Crippen LogP contribution in [-0.4, -0.2) is 34.9 Å². The average molecular weight is 744 g/mol. The first-order valence-electron chi connectivity index (χ1n) is 23.7. The van der Waals surface area contributed by atoms with Gasteiger partial charge in [0.05, 0.1) is 18.8 Å². The highest BCUT2D eigenvalue weighted by atomic mass is 16.3. The molecule has 0 bridgehead atoms. The van der Waals surface area contributed by atoms with Gasteiger partial charge in [0.1, 0.15) is 0 Å². The molecule has 0 heterocycles. The number of carbonyl (C=O) groups excluding carboxylic acids is 1. The molecule has 4 heteroatoms. The van der Waals surface area contributed by atoms with Gasteiger partial charge in [-0.1, -0.05) is 224 Å². The van der Waals surface area contributed by atoms with E-state index in [0.29, 0.717) is 6.42 Å². The highest BCUT2D eigenvalue weighted by Gasteiger charge is 2.17. The molecule has 1 amide bonds. The van der Waals surface area contributed by atoms with Gasteiger partial charge in [-0.15, -0.1) is 0 Å². The minimum absolute atomic E-state index is 0.0745. The summed E-state index contributed by atoms with van der Waals surface area (Å²) in [6.07, 6.45) is 60.1. The number of aliphatic hydroxyl groups excluding tert-OH is 2. The molecular formula is C49H93NO3. The van der Waals surface area contributed by atoms with E-state index >= 15 is 0 Å². The standard InChI is InChI=1S/C49H93NO3/c1-3-5-7-9-11-13-14-15-16-17-18-19-20-21-22-23-24-25-26-27-28-29-30-31-32-33-34-35-37-39-41-43-45-49(53)50-47(46-51)48(52)44-42-40-38-36-12-10-8-6-4-2/h12,21-22,36,42,44,47-48,51-52H,3-11,13-20,23-35,37-41,43,45-46H2,1-2H3,(H,50,53)/b22-21-,36-12+,44-42+. The minimum atomic E-state index is -0.858. The number of unbranched alkanes of at least 4 members (excludes halogenated alkanes) is 32. The Kier molecular flexibility index (Phi) is 43.8. The van der Waals surface area contributed by atoms with Crippen LogP contribution in [-0.2, 0) is 4.79 Å². The van der Waals surface area contributed by atoms with Crippen molar-refractivity contribution in [1.82, 2.24) is 5.32 Å². The lowest BCUT2D eigenvalue weighted by Crippen LogP contribution is -2.45. The van der Waals surface area contributed by atoms with Crippen LogP contribution < -0.4 is 5.32 Å². The molecule has 0 aromatic heterocycles. The Hall–Kier alpha value is -1.39. The van der Waals surface area contributed by atoms with Crippen LogP contribution in [0.1, 0.15) is 251 Å². The zero-order valence-electron chi connectivity index (χ0n) is 35.8. The summed E-state index contributed by atoms with van der Waals surface area (Å²) in [5.74, 6) is -0.0745. The summed E-state index contributed by atoms with van der Waals surface area (Å²) in [6.45, 7) is 4.26. The van der Waals surface area contributed by atoms with E-state index in [1.807, 2.05) is 6.08 Å². The Morgan fingerprint density at radius 1 is 0.434 bits per heavy atom. The second kappa shape index (κ2) is 45.0. The van der Waals surface area contributed by atoms with Gasteiger partial charge in [-0.25, -0.2) is 0 Å². The molecule has 2 atom stereocenters. The van der Waals surface area contributed by atoms with Crippen molar-refractivity contribution in [2.75, 3.05) is 6.61 Å². The molecule has 0 rings (SSSR count). The Bertz CT molecular complexity index is 806. The zero-order chi connectivity index (χ0) is 38.6. The Labute approximate surface area is 331 Å². The van der Waals surface area contributed by atoms with Crippen LogP contribution in [0.5, 0.6) is 0 Å². The summed E-state index contributed by atoms with van der Waals surface area (Å²) in [7, 11) is 0. The normalized spacial score (nSPS) is 13.2. The second-order valence-corrected chi connectivity index (χ2v) is 16.2. The summed E-state index contributed by atoms with van der Waals surface area (Å²) in [4.78, 5) is 12.3. The smallest absolute Gasteiger partial charge is 0.220 e. The third-order valence-corrected chi connectivity index (χ3v) is 10.8. The first-order valence-corrected chi connectivity index (χ1v) is 23.7. The number of nitrogens with one attached hydrogen (secondary N) is 1. The van der Waals surface area contributed by atoms with Crippen LogP contribution >= 0.6 is 0 Å². The lowest BCUT2D eigenvalue weighted by molar-refractivity contribution is -0.123. The van der Waals surface area contributed by atoms with Gasteiger partial charge in [0.2, 0.25) is 5.91 Å². The Balaban J connectivity index is 3.41. The van der Waals surface area contributed by atoms with Crippen LogP contribution in [0.4, 0.5) is 0 Å². The lowest BCUT2D eigenvalue weighted by Gasteiger charge is -2.19. The molecule has 0 saturated carbocycles. The van der Waals surface area contributed by atoms with Gasteiger partial charge in [-0.05, 0) is 57.8 Å². The van der Waals surface area contributed by atoms with Gasteiger partial charge >= 0.3 is 0 Å². The minimum Gasteiger partial charge on any atom is -0.394 e. The van der Waals surface area contributed by atoms with Gasteiger partial charge in [-0.3, -0.25) is 4.79 Å². The van der Waals surface area contributed by atoms with Crippen molar-refractivity contribution in [2.24, 2.45) is 0 Å². The van der Waals surface area contributed by atoms with Crippen molar-refractivity contribution in [2.45, 2.75) is 264 Å². The van der Waals surface area contributed by atoms with E-state index < -0.39 is 12.1 Å². The van der Waals surface area contributed by atoms with E-state index in [0.717, 1.165) is 32.1 Å². The maximum absolute atomic E-state index is 12.3. The van der Waals surface area contributed by atoms with Gasteiger partial charge in [0.25, 0.3) is 0 Å². The highest BCUT2D eigenvalue weighted by Crippen LogP contribution is 2.16. The molecular weight excluding hydrogens is 651 g/mol. The van der Waals surface area contributed by atoms with Crippen LogP contribution in [0.25, 0.3) is 0 Å². The Morgan fingerprint density at radius 2 is 0.736 bits per heavy atom. The van der Waals surface area contributed by atoms with E-state index in [-0.39, 0.29) is 12.5 Å². The number of aliphatic hydroxyl groups is 2. The molecule has 0 aliphatic carbocycles. The fourth-order valence-electron chi connectivity index (χ4n) is 7.19. The molecule has 4 nitrogen and oxygen atoms in total. The predicted octanol–water partition coefficient (Wildman–Crippen LogP) is 15.0. The maximum atomic E-state index is 12.3. The number of allylic oxidation sites excluding steroid dienone is 5. The molecule has 3 N–H and O–H groups in total. The second-order valence-electron chi connectivity index (χ2n) is 16.2. The largest absolute Gasteiger partial charge is 0.394 e. The number of rotatable bonds is 43. The van der Waals surface area contributed by atoms with Crippen LogP contribution in [0, 0.1) is 0 Å². The fourth-order valence-corrected chi connectivity index (χ4v) is 7.19. The maximum Gasteiger partial charge on any atom is 0.220 e. The topological polar surface area (TPSA) is 69.6 Å². The summed E-state index contributed by atoms with van der Waals surface area (Å²) in [6, 6.07) is -0.635. The summed E-state index contributed by atoms with van der Waals surface area (Å²) >= 11 is 0. The van der Waals surface area contributed by atoms with E-state index in [2.05, 4.69) is 43.5 Å².